The van der Waals surface area contributed by atoms with Gasteiger partial charge in [-0.3, -0.25) is 9.59 Å². The van der Waals surface area contributed by atoms with Crippen LogP contribution >= 0.6 is 11.6 Å². The Hall–Kier alpha value is -2.66. The zero-order valence-corrected chi connectivity index (χ0v) is 15.0. The maximum absolute atomic E-state index is 14.1. The summed E-state index contributed by atoms with van der Waals surface area (Å²) >= 11 is 5.88. The van der Waals surface area contributed by atoms with Crippen LogP contribution in [0.4, 0.5) is 10.1 Å². The highest BCUT2D eigenvalue weighted by atomic mass is 35.5. The van der Waals surface area contributed by atoms with E-state index in [0.717, 1.165) is 11.1 Å². The predicted molar refractivity (Wildman–Crippen MR) is 100 cm³/mol. The summed E-state index contributed by atoms with van der Waals surface area (Å²) in [6, 6.07) is 10.2. The zero-order chi connectivity index (χ0) is 18.7. The Morgan fingerprint density at radius 2 is 1.96 bits per heavy atom. The van der Waals surface area contributed by atoms with E-state index in [9.17, 15) is 14.0 Å². The highest BCUT2D eigenvalue weighted by Gasteiger charge is 2.22. The van der Waals surface area contributed by atoms with E-state index in [-0.39, 0.29) is 24.2 Å². The number of hydrogen-bond acceptors (Lipinski definition) is 2. The molecule has 0 unspecified atom stereocenters. The molecule has 0 fully saturated rings. The fourth-order valence-electron chi connectivity index (χ4n) is 2.92. The first-order chi connectivity index (χ1) is 12.4. The Balaban J connectivity index is 1.66. The van der Waals surface area contributed by atoms with Crippen LogP contribution in [0.2, 0.25) is 5.02 Å². The Bertz CT molecular complexity index is 878. The molecule has 6 heteroatoms. The van der Waals surface area contributed by atoms with Crippen molar-refractivity contribution < 1.29 is 14.0 Å². The summed E-state index contributed by atoms with van der Waals surface area (Å²) in [4.78, 5) is 25.0. The van der Waals surface area contributed by atoms with E-state index in [1.165, 1.54) is 19.1 Å². The molecular formula is C20H18ClFN2O2. The predicted octanol–water partition coefficient (Wildman–Crippen LogP) is 4.04. The van der Waals surface area contributed by atoms with E-state index in [4.69, 9.17) is 11.6 Å². The van der Waals surface area contributed by atoms with Crippen LogP contribution in [0.15, 0.2) is 42.5 Å². The van der Waals surface area contributed by atoms with Gasteiger partial charge in [0.2, 0.25) is 11.8 Å². The minimum Gasteiger partial charge on any atom is -0.334 e. The molecule has 3 rings (SSSR count). The molecule has 134 valence electrons. The van der Waals surface area contributed by atoms with Crippen LogP contribution in [0.25, 0.3) is 6.08 Å². The third kappa shape index (κ3) is 4.29. The summed E-state index contributed by atoms with van der Waals surface area (Å²) < 4.78 is 14.1. The lowest BCUT2D eigenvalue weighted by Crippen LogP contribution is -2.35. The minimum absolute atomic E-state index is 0.137. The average Bonchev–Trinajstić information content (AvgIpc) is 2.60. The quantitative estimate of drug-likeness (QED) is 0.827. The maximum Gasteiger partial charge on any atom is 0.246 e. The van der Waals surface area contributed by atoms with Gasteiger partial charge in [0, 0.05) is 42.4 Å². The summed E-state index contributed by atoms with van der Waals surface area (Å²) in [6.45, 7) is 2.21. The van der Waals surface area contributed by atoms with Gasteiger partial charge in [0.1, 0.15) is 5.82 Å². The summed E-state index contributed by atoms with van der Waals surface area (Å²) in [5.74, 6) is -0.680. The molecule has 0 aromatic heterocycles. The summed E-state index contributed by atoms with van der Waals surface area (Å²) in [7, 11) is 0. The zero-order valence-electron chi connectivity index (χ0n) is 14.3. The van der Waals surface area contributed by atoms with Crippen LogP contribution in [0.1, 0.15) is 23.6 Å². The lowest BCUT2D eigenvalue weighted by atomic mass is 9.99. The van der Waals surface area contributed by atoms with Crippen LogP contribution in [0, 0.1) is 5.82 Å². The fourth-order valence-corrected chi connectivity index (χ4v) is 3.15. The number of benzene rings is 2. The molecule has 0 saturated carbocycles. The van der Waals surface area contributed by atoms with Crippen molar-refractivity contribution in [3.63, 3.8) is 0 Å². The fraction of sp³-hybridized carbons (Fsp3) is 0.200. The number of nitrogens with zero attached hydrogens (tertiary/aromatic N) is 1. The second kappa shape index (κ2) is 7.70. The van der Waals surface area contributed by atoms with Crippen LogP contribution < -0.4 is 5.32 Å². The standard InChI is InChI=1S/C20H18ClFN2O2/c1-13(25)23-17-5-2-14(3-6-17)4-7-20(26)24-9-8-15-10-16(21)11-19(22)18(15)12-24/h2-7,10-11H,8-9,12H2,1H3,(H,23,25). The van der Waals surface area contributed by atoms with Crippen molar-refractivity contribution in [2.24, 2.45) is 0 Å². The van der Waals surface area contributed by atoms with Gasteiger partial charge in [-0.05, 0) is 47.9 Å². The molecule has 0 saturated heterocycles. The number of rotatable bonds is 3. The van der Waals surface area contributed by atoms with Crippen LogP contribution in [0.3, 0.4) is 0 Å². The molecule has 0 aliphatic carbocycles. The highest BCUT2D eigenvalue weighted by molar-refractivity contribution is 6.30. The number of nitrogens with one attached hydrogen (secondary N) is 1. The molecule has 0 atom stereocenters. The van der Waals surface area contributed by atoms with Crippen molar-refractivity contribution in [2.45, 2.75) is 19.9 Å². The van der Waals surface area contributed by atoms with Gasteiger partial charge < -0.3 is 10.2 Å². The second-order valence-electron chi connectivity index (χ2n) is 6.17. The molecule has 0 spiro atoms. The van der Waals surface area contributed by atoms with Gasteiger partial charge in [-0.15, -0.1) is 0 Å². The van der Waals surface area contributed by atoms with Crippen LogP contribution in [-0.4, -0.2) is 23.3 Å². The first kappa shape index (κ1) is 18.1. The Kier molecular flexibility index (Phi) is 5.38. The summed E-state index contributed by atoms with van der Waals surface area (Å²) in [5.41, 5.74) is 2.92. The number of anilines is 1. The van der Waals surface area contributed by atoms with Crippen molar-refractivity contribution in [2.75, 3.05) is 11.9 Å². The summed E-state index contributed by atoms with van der Waals surface area (Å²) in [5, 5.41) is 3.06. The minimum atomic E-state index is -0.373. The van der Waals surface area contributed by atoms with E-state index in [1.54, 1.807) is 29.2 Å². The Labute approximate surface area is 156 Å². The molecule has 2 amide bonds. The van der Waals surface area contributed by atoms with E-state index in [0.29, 0.717) is 29.2 Å². The monoisotopic (exact) mass is 372 g/mol. The molecule has 0 radical (unpaired) electrons. The van der Waals surface area contributed by atoms with Gasteiger partial charge in [-0.25, -0.2) is 4.39 Å². The molecule has 2 aromatic rings. The van der Waals surface area contributed by atoms with E-state index < -0.39 is 0 Å². The van der Waals surface area contributed by atoms with Crippen LogP contribution in [0.5, 0.6) is 0 Å². The number of hydrogen-bond donors (Lipinski definition) is 1. The largest absolute Gasteiger partial charge is 0.334 e. The van der Waals surface area contributed by atoms with Crippen molar-refractivity contribution in [3.05, 3.63) is 70.0 Å². The number of amides is 2. The maximum atomic E-state index is 14.1. The Morgan fingerprint density at radius 3 is 2.65 bits per heavy atom. The average molecular weight is 373 g/mol. The molecule has 1 aliphatic heterocycles. The smallest absolute Gasteiger partial charge is 0.246 e. The highest BCUT2D eigenvalue weighted by Crippen LogP contribution is 2.26. The molecular weight excluding hydrogens is 355 g/mol. The van der Waals surface area contributed by atoms with Gasteiger partial charge in [0.05, 0.1) is 0 Å². The van der Waals surface area contributed by atoms with E-state index in [2.05, 4.69) is 5.32 Å². The molecule has 1 N–H and O–H groups in total. The molecule has 26 heavy (non-hydrogen) atoms. The van der Waals surface area contributed by atoms with Crippen molar-refractivity contribution >= 4 is 35.2 Å². The van der Waals surface area contributed by atoms with E-state index in [1.807, 2.05) is 12.1 Å². The van der Waals surface area contributed by atoms with E-state index >= 15 is 0 Å². The molecule has 0 bridgehead atoms. The lowest BCUT2D eigenvalue weighted by molar-refractivity contribution is -0.126. The lowest BCUT2D eigenvalue weighted by Gasteiger charge is -2.28. The number of carbonyl (C=O) groups is 2. The topological polar surface area (TPSA) is 49.4 Å². The summed E-state index contributed by atoms with van der Waals surface area (Å²) in [6.07, 6.45) is 3.76. The molecule has 4 nitrogen and oxygen atoms in total. The number of fused-ring (bicyclic) bond motifs is 1. The van der Waals surface area contributed by atoms with Gasteiger partial charge in [0.25, 0.3) is 0 Å². The number of halogens is 2. The molecule has 1 aliphatic rings. The molecule has 1 heterocycles. The SMILES string of the molecule is CC(=O)Nc1ccc(C=CC(=O)N2CCc3cc(Cl)cc(F)c3C2)cc1. The second-order valence-corrected chi connectivity index (χ2v) is 6.61. The third-order valence-corrected chi connectivity index (χ3v) is 4.43. The Morgan fingerprint density at radius 1 is 1.23 bits per heavy atom. The van der Waals surface area contributed by atoms with Crippen molar-refractivity contribution in [3.8, 4) is 0 Å². The van der Waals surface area contributed by atoms with Gasteiger partial charge >= 0.3 is 0 Å². The van der Waals surface area contributed by atoms with Crippen LogP contribution in [-0.2, 0) is 22.6 Å². The van der Waals surface area contributed by atoms with Crippen molar-refractivity contribution in [1.29, 1.82) is 0 Å². The number of carbonyl (C=O) groups excluding carboxylic acids is 2. The first-order valence-electron chi connectivity index (χ1n) is 8.24. The van der Waals surface area contributed by atoms with Gasteiger partial charge in [-0.2, -0.15) is 0 Å². The van der Waals surface area contributed by atoms with Gasteiger partial charge in [-0.1, -0.05) is 23.7 Å². The van der Waals surface area contributed by atoms with Crippen molar-refractivity contribution in [1.82, 2.24) is 4.90 Å². The third-order valence-electron chi connectivity index (χ3n) is 4.21. The molecule has 2 aromatic carbocycles. The first-order valence-corrected chi connectivity index (χ1v) is 8.61. The normalized spacial score (nSPS) is 13.6. The van der Waals surface area contributed by atoms with Gasteiger partial charge in [0.15, 0.2) is 0 Å².